The highest BCUT2D eigenvalue weighted by molar-refractivity contribution is 5.72. The van der Waals surface area contributed by atoms with Gasteiger partial charge in [0.2, 0.25) is 0 Å². The van der Waals surface area contributed by atoms with Gasteiger partial charge in [-0.05, 0) is 0 Å². The van der Waals surface area contributed by atoms with Crippen LogP contribution in [-0.4, -0.2) is 24.8 Å². The molecular formula is C6H8O3. The van der Waals surface area contributed by atoms with Gasteiger partial charge in [0.1, 0.15) is 13.0 Å². The van der Waals surface area contributed by atoms with Crippen LogP contribution in [0.15, 0.2) is 0 Å². The lowest BCUT2D eigenvalue weighted by molar-refractivity contribution is -0.139. The molecule has 0 aromatic heterocycles. The molecule has 0 radical (unpaired) electrons. The third-order valence-corrected chi connectivity index (χ3v) is 0.664. The first-order valence-corrected chi connectivity index (χ1v) is 2.44. The van der Waals surface area contributed by atoms with E-state index in [4.69, 9.17) is 5.11 Å². The molecule has 0 amide bonds. The molecule has 0 atom stereocenters. The van der Waals surface area contributed by atoms with Gasteiger partial charge < -0.3 is 9.84 Å². The molecule has 9 heavy (non-hydrogen) atoms. The first-order chi connectivity index (χ1) is 4.31. The minimum atomic E-state index is -0.379. The summed E-state index contributed by atoms with van der Waals surface area (Å²) in [6.45, 7) is -0.211. The molecule has 0 rings (SSSR count). The predicted molar refractivity (Wildman–Crippen MR) is 31.5 cm³/mol. The Morgan fingerprint density at radius 1 is 1.67 bits per heavy atom. The molecule has 0 heterocycles. The van der Waals surface area contributed by atoms with Crippen LogP contribution in [0.4, 0.5) is 0 Å². The molecule has 0 aromatic rings. The summed E-state index contributed by atoms with van der Waals surface area (Å²) in [5, 5.41) is 8.13. The second-order valence-corrected chi connectivity index (χ2v) is 1.26. The number of aliphatic hydroxyl groups is 1. The Balaban J connectivity index is 3.37. The fraction of sp³-hybridized carbons (Fsp3) is 0.500. The zero-order valence-corrected chi connectivity index (χ0v) is 5.18. The highest BCUT2D eigenvalue weighted by Gasteiger charge is 1.91. The number of hydrogen-bond donors (Lipinski definition) is 1. The van der Waals surface area contributed by atoms with Gasteiger partial charge in [0.25, 0.3) is 0 Å². The molecular weight excluding hydrogens is 120 g/mol. The van der Waals surface area contributed by atoms with Gasteiger partial charge >= 0.3 is 5.97 Å². The van der Waals surface area contributed by atoms with E-state index < -0.39 is 0 Å². The second kappa shape index (κ2) is 5.13. The number of esters is 1. The van der Waals surface area contributed by atoms with Crippen molar-refractivity contribution in [3.05, 3.63) is 0 Å². The van der Waals surface area contributed by atoms with Gasteiger partial charge in [-0.15, -0.1) is 0 Å². The Morgan fingerprint density at radius 2 is 2.33 bits per heavy atom. The van der Waals surface area contributed by atoms with E-state index in [9.17, 15) is 4.79 Å². The van der Waals surface area contributed by atoms with Crippen LogP contribution < -0.4 is 0 Å². The van der Waals surface area contributed by atoms with E-state index in [1.807, 2.05) is 0 Å². The van der Waals surface area contributed by atoms with Crippen LogP contribution in [-0.2, 0) is 9.53 Å². The third-order valence-electron chi connectivity index (χ3n) is 0.664. The Kier molecular flexibility index (Phi) is 4.56. The summed E-state index contributed by atoms with van der Waals surface area (Å²) >= 11 is 0. The summed E-state index contributed by atoms with van der Waals surface area (Å²) < 4.78 is 4.27. The molecule has 0 aliphatic rings. The van der Waals surface area contributed by atoms with Crippen molar-refractivity contribution in [1.82, 2.24) is 0 Å². The molecule has 0 fully saturated rings. The van der Waals surface area contributed by atoms with Crippen molar-refractivity contribution in [1.29, 1.82) is 0 Å². The monoisotopic (exact) mass is 128 g/mol. The van der Waals surface area contributed by atoms with E-state index in [0.29, 0.717) is 0 Å². The third kappa shape index (κ3) is 4.85. The van der Waals surface area contributed by atoms with E-state index in [-0.39, 0.29) is 19.0 Å². The summed E-state index contributed by atoms with van der Waals surface area (Å²) in [7, 11) is 1.29. The summed E-state index contributed by atoms with van der Waals surface area (Å²) in [6, 6.07) is 0. The standard InChI is InChI=1S/C6H8O3/c1-9-6(8)4-2-3-5-7/h7H,4-5H2,1H3. The number of rotatable bonds is 1. The topological polar surface area (TPSA) is 46.5 Å². The fourth-order valence-electron chi connectivity index (χ4n) is 0.263. The predicted octanol–water partition coefficient (Wildman–Crippen LogP) is -0.455. The smallest absolute Gasteiger partial charge is 0.317 e. The SMILES string of the molecule is COC(=O)CC#CCO. The lowest BCUT2D eigenvalue weighted by Gasteiger charge is -1.87. The van der Waals surface area contributed by atoms with Crippen LogP contribution in [0.3, 0.4) is 0 Å². The molecule has 0 saturated heterocycles. The first kappa shape index (κ1) is 7.99. The molecule has 3 nitrogen and oxygen atoms in total. The van der Waals surface area contributed by atoms with Gasteiger partial charge in [0, 0.05) is 0 Å². The Hall–Kier alpha value is -1.01. The Bertz CT molecular complexity index is 140. The number of carbonyl (C=O) groups excluding carboxylic acids is 1. The summed E-state index contributed by atoms with van der Waals surface area (Å²) in [4.78, 5) is 10.3. The highest BCUT2D eigenvalue weighted by atomic mass is 16.5. The molecule has 0 unspecified atom stereocenters. The van der Waals surface area contributed by atoms with Crippen molar-refractivity contribution in [2.45, 2.75) is 6.42 Å². The number of ether oxygens (including phenoxy) is 1. The lowest BCUT2D eigenvalue weighted by atomic mass is 10.4. The molecule has 0 aromatic carbocycles. The first-order valence-electron chi connectivity index (χ1n) is 2.44. The largest absolute Gasteiger partial charge is 0.468 e. The quantitative estimate of drug-likeness (QED) is 0.384. The van der Waals surface area contributed by atoms with Gasteiger partial charge in [0.05, 0.1) is 7.11 Å². The minimum absolute atomic E-state index is 0.0526. The molecule has 0 bridgehead atoms. The van der Waals surface area contributed by atoms with Crippen LogP contribution in [0.2, 0.25) is 0 Å². The summed E-state index contributed by atoms with van der Waals surface area (Å²) in [5.74, 6) is 4.35. The maximum Gasteiger partial charge on any atom is 0.317 e. The van der Waals surface area contributed by atoms with E-state index in [2.05, 4.69) is 16.6 Å². The highest BCUT2D eigenvalue weighted by Crippen LogP contribution is 1.78. The average Bonchev–Trinajstić information content (AvgIpc) is 1.89. The number of aliphatic hydroxyl groups excluding tert-OH is 1. The number of hydrogen-bond acceptors (Lipinski definition) is 3. The molecule has 3 heteroatoms. The van der Waals surface area contributed by atoms with Crippen LogP contribution >= 0.6 is 0 Å². The number of methoxy groups -OCH3 is 1. The van der Waals surface area contributed by atoms with Gasteiger partial charge in [-0.1, -0.05) is 11.8 Å². The van der Waals surface area contributed by atoms with Crippen LogP contribution in [0.25, 0.3) is 0 Å². The summed E-state index contributed by atoms with van der Waals surface area (Å²) in [5.41, 5.74) is 0. The summed E-state index contributed by atoms with van der Waals surface area (Å²) in [6.07, 6.45) is 0.0526. The number of carbonyl (C=O) groups is 1. The van der Waals surface area contributed by atoms with Crippen molar-refractivity contribution in [2.75, 3.05) is 13.7 Å². The van der Waals surface area contributed by atoms with Gasteiger partial charge in [0.15, 0.2) is 0 Å². The van der Waals surface area contributed by atoms with Crippen molar-refractivity contribution < 1.29 is 14.6 Å². The maximum absolute atomic E-state index is 10.3. The normalized spacial score (nSPS) is 7.33. The molecule has 50 valence electrons. The van der Waals surface area contributed by atoms with Crippen LogP contribution in [0, 0.1) is 11.8 Å². The van der Waals surface area contributed by atoms with Crippen molar-refractivity contribution in [3.8, 4) is 11.8 Å². The van der Waals surface area contributed by atoms with Crippen molar-refractivity contribution in [2.24, 2.45) is 0 Å². The molecule has 0 aliphatic carbocycles. The van der Waals surface area contributed by atoms with E-state index in [1.54, 1.807) is 0 Å². The van der Waals surface area contributed by atoms with E-state index >= 15 is 0 Å². The molecule has 0 aliphatic heterocycles. The van der Waals surface area contributed by atoms with Gasteiger partial charge in [-0.2, -0.15) is 0 Å². The molecule has 1 N–H and O–H groups in total. The van der Waals surface area contributed by atoms with Crippen LogP contribution in [0.5, 0.6) is 0 Å². The van der Waals surface area contributed by atoms with E-state index in [0.717, 1.165) is 0 Å². The zero-order valence-electron chi connectivity index (χ0n) is 5.18. The van der Waals surface area contributed by atoms with Crippen molar-refractivity contribution >= 4 is 5.97 Å². The van der Waals surface area contributed by atoms with Gasteiger partial charge in [-0.25, -0.2) is 0 Å². The van der Waals surface area contributed by atoms with Crippen LogP contribution in [0.1, 0.15) is 6.42 Å². The lowest BCUT2D eigenvalue weighted by Crippen LogP contribution is -1.97. The van der Waals surface area contributed by atoms with E-state index in [1.165, 1.54) is 7.11 Å². The molecule has 0 saturated carbocycles. The Labute approximate surface area is 53.6 Å². The average molecular weight is 128 g/mol. The fourth-order valence-corrected chi connectivity index (χ4v) is 0.263. The molecule has 0 spiro atoms. The zero-order chi connectivity index (χ0) is 7.11. The maximum atomic E-state index is 10.3. The van der Waals surface area contributed by atoms with Crippen molar-refractivity contribution in [3.63, 3.8) is 0 Å². The minimum Gasteiger partial charge on any atom is -0.468 e. The van der Waals surface area contributed by atoms with Gasteiger partial charge in [-0.3, -0.25) is 4.79 Å². The Morgan fingerprint density at radius 3 is 2.78 bits per heavy atom. The second-order valence-electron chi connectivity index (χ2n) is 1.26.